The Morgan fingerprint density at radius 3 is 2.65 bits per heavy atom. The minimum Gasteiger partial charge on any atom is -0.322 e. The largest absolute Gasteiger partial charge is 0.322 e. The van der Waals surface area contributed by atoms with Gasteiger partial charge in [-0.25, -0.2) is 0 Å². The molecular weight excluding hydrogens is 304 g/mol. The molecule has 1 saturated carbocycles. The average molecular weight is 326 g/mol. The van der Waals surface area contributed by atoms with Crippen LogP contribution in [0, 0.1) is 0 Å². The molecule has 1 aliphatic carbocycles. The quantitative estimate of drug-likeness (QED) is 0.926. The summed E-state index contributed by atoms with van der Waals surface area (Å²) in [4.78, 5) is 14.8. The van der Waals surface area contributed by atoms with E-state index in [0.29, 0.717) is 0 Å². The van der Waals surface area contributed by atoms with Crippen molar-refractivity contribution in [3.05, 3.63) is 51.7 Å². The van der Waals surface area contributed by atoms with Gasteiger partial charge in [0.15, 0.2) is 0 Å². The number of nitrogens with one attached hydrogen (secondary N) is 1. The molecule has 4 rings (SSSR count). The first-order valence-corrected chi connectivity index (χ1v) is 9.43. The van der Waals surface area contributed by atoms with Gasteiger partial charge in [0.25, 0.3) is 5.91 Å². The Morgan fingerprint density at radius 2 is 1.96 bits per heavy atom. The molecule has 0 spiro atoms. The molecule has 23 heavy (non-hydrogen) atoms. The number of hydrogen-bond acceptors (Lipinski definition) is 3. The zero-order valence-electron chi connectivity index (χ0n) is 13.3. The minimum atomic E-state index is -0.0177. The number of hydrogen-bond donors (Lipinski definition) is 1. The highest BCUT2D eigenvalue weighted by Gasteiger charge is 2.26. The molecule has 120 valence electrons. The van der Waals surface area contributed by atoms with Crippen LogP contribution in [0.15, 0.2) is 35.0 Å². The summed E-state index contributed by atoms with van der Waals surface area (Å²) in [6.45, 7) is 2.33. The van der Waals surface area contributed by atoms with Gasteiger partial charge in [-0.2, -0.15) is 11.3 Å². The highest BCUT2D eigenvalue weighted by atomic mass is 32.1. The zero-order valence-corrected chi connectivity index (χ0v) is 14.1. The third-order valence-corrected chi connectivity index (χ3v) is 5.86. The Labute approximate surface area is 141 Å². The van der Waals surface area contributed by atoms with Crippen molar-refractivity contribution in [1.82, 2.24) is 4.90 Å². The fraction of sp³-hybridized carbons (Fsp3) is 0.421. The molecule has 1 fully saturated rings. The molecule has 1 aromatic carbocycles. The van der Waals surface area contributed by atoms with E-state index in [2.05, 4.69) is 22.3 Å². The standard InChI is InChI=1S/C19H22N2OS/c22-19(16-8-11-23-13-16)20-17-5-4-14-6-9-21(18-2-1-3-18)10-7-15(14)12-17/h4-5,8,11-13,18H,1-3,6-7,9-10H2,(H,20,22). The van der Waals surface area contributed by atoms with Crippen LogP contribution in [-0.4, -0.2) is 29.9 Å². The molecule has 2 heterocycles. The van der Waals surface area contributed by atoms with Crippen molar-refractivity contribution < 1.29 is 4.79 Å². The maximum atomic E-state index is 12.2. The summed E-state index contributed by atoms with van der Waals surface area (Å²) in [5, 5.41) is 6.84. The number of thiophene rings is 1. The zero-order chi connectivity index (χ0) is 15.6. The molecule has 2 aromatic rings. The smallest absolute Gasteiger partial charge is 0.256 e. The van der Waals surface area contributed by atoms with Crippen LogP contribution in [-0.2, 0) is 12.8 Å². The van der Waals surface area contributed by atoms with Crippen molar-refractivity contribution in [3.63, 3.8) is 0 Å². The summed E-state index contributed by atoms with van der Waals surface area (Å²) in [5.41, 5.74) is 4.49. The average Bonchev–Trinajstić information content (AvgIpc) is 2.96. The van der Waals surface area contributed by atoms with E-state index in [4.69, 9.17) is 0 Å². The van der Waals surface area contributed by atoms with Crippen LogP contribution >= 0.6 is 11.3 Å². The fourth-order valence-corrected chi connectivity index (χ4v) is 4.17. The maximum Gasteiger partial charge on any atom is 0.256 e. The van der Waals surface area contributed by atoms with Gasteiger partial charge in [-0.15, -0.1) is 0 Å². The number of fused-ring (bicyclic) bond motifs is 1. The predicted octanol–water partition coefficient (Wildman–Crippen LogP) is 3.95. The first kappa shape index (κ1) is 14.9. The van der Waals surface area contributed by atoms with Gasteiger partial charge in [-0.3, -0.25) is 9.69 Å². The normalized spacial score (nSPS) is 18.8. The van der Waals surface area contributed by atoms with Crippen molar-refractivity contribution in [2.75, 3.05) is 18.4 Å². The summed E-state index contributed by atoms with van der Waals surface area (Å²) in [6.07, 6.45) is 6.36. The first-order valence-electron chi connectivity index (χ1n) is 8.49. The van der Waals surface area contributed by atoms with Crippen molar-refractivity contribution in [1.29, 1.82) is 0 Å². The summed E-state index contributed by atoms with van der Waals surface area (Å²) < 4.78 is 0. The van der Waals surface area contributed by atoms with Crippen LogP contribution in [0.1, 0.15) is 40.7 Å². The van der Waals surface area contributed by atoms with E-state index in [1.807, 2.05) is 22.9 Å². The third-order valence-electron chi connectivity index (χ3n) is 5.18. The molecule has 1 aliphatic heterocycles. The van der Waals surface area contributed by atoms with Crippen molar-refractivity contribution in [3.8, 4) is 0 Å². The topological polar surface area (TPSA) is 32.3 Å². The Bertz CT molecular complexity index is 691. The Balaban J connectivity index is 1.46. The van der Waals surface area contributed by atoms with Crippen LogP contribution in [0.2, 0.25) is 0 Å². The Morgan fingerprint density at radius 1 is 1.13 bits per heavy atom. The number of rotatable bonds is 3. The van der Waals surface area contributed by atoms with Gasteiger partial charge >= 0.3 is 0 Å². The van der Waals surface area contributed by atoms with Crippen LogP contribution in [0.4, 0.5) is 5.69 Å². The number of carbonyl (C=O) groups excluding carboxylic acids is 1. The number of nitrogens with zero attached hydrogens (tertiary/aromatic N) is 1. The monoisotopic (exact) mass is 326 g/mol. The second-order valence-corrected chi connectivity index (χ2v) is 7.35. The molecule has 1 N–H and O–H groups in total. The number of amides is 1. The Hall–Kier alpha value is -1.65. The second-order valence-electron chi connectivity index (χ2n) is 6.57. The SMILES string of the molecule is O=C(Nc1ccc2c(c1)CCN(C1CCC1)CC2)c1ccsc1. The van der Waals surface area contributed by atoms with Gasteiger partial charge in [0.1, 0.15) is 0 Å². The van der Waals surface area contributed by atoms with Crippen molar-refractivity contribution in [2.45, 2.75) is 38.1 Å². The summed E-state index contributed by atoms with van der Waals surface area (Å²) in [5.74, 6) is -0.0177. The fourth-order valence-electron chi connectivity index (χ4n) is 3.53. The molecule has 1 aromatic heterocycles. The lowest BCUT2D eigenvalue weighted by molar-refractivity contribution is 0.102. The van der Waals surface area contributed by atoms with Crippen LogP contribution in [0.3, 0.4) is 0 Å². The van der Waals surface area contributed by atoms with E-state index in [1.54, 1.807) is 11.3 Å². The van der Waals surface area contributed by atoms with Gasteiger partial charge in [0, 0.05) is 30.2 Å². The molecular formula is C19H22N2OS. The number of anilines is 1. The van der Waals surface area contributed by atoms with E-state index in [0.717, 1.165) is 36.7 Å². The lowest BCUT2D eigenvalue weighted by atomic mass is 9.91. The molecule has 3 nitrogen and oxygen atoms in total. The molecule has 1 amide bonds. The predicted molar refractivity (Wildman–Crippen MR) is 95.3 cm³/mol. The highest BCUT2D eigenvalue weighted by molar-refractivity contribution is 7.08. The van der Waals surface area contributed by atoms with Crippen LogP contribution < -0.4 is 5.32 Å². The minimum absolute atomic E-state index is 0.0177. The van der Waals surface area contributed by atoms with E-state index >= 15 is 0 Å². The van der Waals surface area contributed by atoms with Crippen LogP contribution in [0.25, 0.3) is 0 Å². The summed E-state index contributed by atoms with van der Waals surface area (Å²) in [6, 6.07) is 9.09. The number of benzene rings is 1. The highest BCUT2D eigenvalue weighted by Crippen LogP contribution is 2.28. The van der Waals surface area contributed by atoms with Gasteiger partial charge < -0.3 is 5.32 Å². The van der Waals surface area contributed by atoms with Gasteiger partial charge in [0.2, 0.25) is 0 Å². The Kier molecular flexibility index (Phi) is 4.19. The first-order chi connectivity index (χ1) is 11.3. The molecule has 0 unspecified atom stereocenters. The maximum absolute atomic E-state index is 12.2. The van der Waals surface area contributed by atoms with Gasteiger partial charge in [0.05, 0.1) is 5.56 Å². The van der Waals surface area contributed by atoms with E-state index in [-0.39, 0.29) is 5.91 Å². The van der Waals surface area contributed by atoms with E-state index < -0.39 is 0 Å². The lowest BCUT2D eigenvalue weighted by Gasteiger charge is -2.36. The molecule has 2 aliphatic rings. The lowest BCUT2D eigenvalue weighted by Crippen LogP contribution is -2.41. The second kappa shape index (κ2) is 6.46. The molecule has 4 heteroatoms. The van der Waals surface area contributed by atoms with Gasteiger partial charge in [-0.05, 0) is 60.4 Å². The van der Waals surface area contributed by atoms with Crippen LogP contribution in [0.5, 0.6) is 0 Å². The van der Waals surface area contributed by atoms with E-state index in [9.17, 15) is 4.79 Å². The summed E-state index contributed by atoms with van der Waals surface area (Å²) >= 11 is 1.55. The molecule has 0 radical (unpaired) electrons. The van der Waals surface area contributed by atoms with E-state index in [1.165, 1.54) is 36.9 Å². The number of carbonyl (C=O) groups is 1. The van der Waals surface area contributed by atoms with Crippen molar-refractivity contribution in [2.24, 2.45) is 0 Å². The van der Waals surface area contributed by atoms with Crippen molar-refractivity contribution >= 4 is 22.9 Å². The molecule has 0 atom stereocenters. The van der Waals surface area contributed by atoms with Gasteiger partial charge in [-0.1, -0.05) is 12.5 Å². The molecule has 0 saturated heterocycles. The summed E-state index contributed by atoms with van der Waals surface area (Å²) in [7, 11) is 0. The molecule has 0 bridgehead atoms. The third kappa shape index (κ3) is 3.19.